The fourth-order valence-electron chi connectivity index (χ4n) is 2.66. The Hall–Kier alpha value is -2.79. The lowest BCUT2D eigenvalue weighted by atomic mass is 10.1. The van der Waals surface area contributed by atoms with E-state index in [0.717, 1.165) is 12.2 Å². The van der Waals surface area contributed by atoms with Gasteiger partial charge in [-0.2, -0.15) is 0 Å². The predicted molar refractivity (Wildman–Crippen MR) is 102 cm³/mol. The Morgan fingerprint density at radius 2 is 1.96 bits per heavy atom. The number of aromatic nitrogens is 1. The molecule has 3 aromatic rings. The van der Waals surface area contributed by atoms with Gasteiger partial charge >= 0.3 is 6.03 Å². The average Bonchev–Trinajstić information content (AvgIpc) is 3.05. The van der Waals surface area contributed by atoms with Gasteiger partial charge in [0, 0.05) is 24.1 Å². The number of amides is 2. The molecular weight excluding hydrogens is 353 g/mol. The van der Waals surface area contributed by atoms with Crippen molar-refractivity contribution in [3.05, 3.63) is 88.5 Å². The van der Waals surface area contributed by atoms with Gasteiger partial charge in [-0.3, -0.25) is 0 Å². The lowest BCUT2D eigenvalue weighted by Crippen LogP contribution is -2.29. The number of carbonyl (C=O) groups excluding carboxylic acids is 1. The molecule has 4 nitrogen and oxygen atoms in total. The second kappa shape index (κ2) is 8.06. The van der Waals surface area contributed by atoms with Crippen molar-refractivity contribution in [3.63, 3.8) is 0 Å². The Bertz CT molecular complexity index is 923. The highest BCUT2D eigenvalue weighted by Gasteiger charge is 2.07. The van der Waals surface area contributed by atoms with Crippen LogP contribution in [0.15, 0.2) is 60.8 Å². The highest BCUT2D eigenvalue weighted by atomic mass is 35.5. The molecule has 0 saturated heterocycles. The molecule has 0 spiro atoms. The Labute approximate surface area is 156 Å². The van der Waals surface area contributed by atoms with E-state index in [1.54, 1.807) is 0 Å². The zero-order valence-electron chi connectivity index (χ0n) is 14.3. The standard InChI is InChI=1S/C20H19ClFN3O/c1-14-5-2-3-6-15(14)13-25-10-4-7-17(25)12-23-20(26)24-16-8-9-19(22)18(21)11-16/h2-11H,12-13H2,1H3,(H2,23,24,26). The van der Waals surface area contributed by atoms with E-state index in [9.17, 15) is 9.18 Å². The van der Waals surface area contributed by atoms with E-state index >= 15 is 0 Å². The molecule has 1 heterocycles. The van der Waals surface area contributed by atoms with Crippen LogP contribution in [-0.2, 0) is 13.1 Å². The van der Waals surface area contributed by atoms with Gasteiger partial charge in [-0.05, 0) is 48.4 Å². The third kappa shape index (κ3) is 4.43. The molecule has 0 aliphatic rings. The number of hydrogen-bond donors (Lipinski definition) is 2. The topological polar surface area (TPSA) is 46.1 Å². The lowest BCUT2D eigenvalue weighted by molar-refractivity contribution is 0.251. The summed E-state index contributed by atoms with van der Waals surface area (Å²) >= 11 is 5.72. The number of urea groups is 1. The molecule has 0 aliphatic carbocycles. The molecule has 2 amide bonds. The molecule has 0 atom stereocenters. The maximum absolute atomic E-state index is 13.2. The van der Waals surface area contributed by atoms with E-state index in [2.05, 4.69) is 34.3 Å². The summed E-state index contributed by atoms with van der Waals surface area (Å²) in [6.07, 6.45) is 1.99. The number of aryl methyl sites for hydroxylation is 1. The first-order chi connectivity index (χ1) is 12.5. The van der Waals surface area contributed by atoms with E-state index in [1.807, 2.05) is 30.5 Å². The summed E-state index contributed by atoms with van der Waals surface area (Å²) in [7, 11) is 0. The number of nitrogens with one attached hydrogen (secondary N) is 2. The average molecular weight is 372 g/mol. The van der Waals surface area contributed by atoms with Gasteiger partial charge < -0.3 is 15.2 Å². The quantitative estimate of drug-likeness (QED) is 0.654. The van der Waals surface area contributed by atoms with Crippen LogP contribution in [0.25, 0.3) is 0 Å². The molecule has 1 aromatic heterocycles. The zero-order valence-corrected chi connectivity index (χ0v) is 15.1. The van der Waals surface area contributed by atoms with E-state index in [0.29, 0.717) is 12.2 Å². The molecule has 0 saturated carbocycles. The molecular formula is C20H19ClFN3O. The Morgan fingerprint density at radius 3 is 2.73 bits per heavy atom. The number of hydrogen-bond acceptors (Lipinski definition) is 1. The van der Waals surface area contributed by atoms with Crippen molar-refractivity contribution in [1.82, 2.24) is 9.88 Å². The van der Waals surface area contributed by atoms with Crippen LogP contribution in [0.4, 0.5) is 14.9 Å². The van der Waals surface area contributed by atoms with Gasteiger partial charge in [0.15, 0.2) is 0 Å². The summed E-state index contributed by atoms with van der Waals surface area (Å²) in [4.78, 5) is 12.1. The van der Waals surface area contributed by atoms with Crippen molar-refractivity contribution in [2.45, 2.75) is 20.0 Å². The number of benzene rings is 2. The van der Waals surface area contributed by atoms with Crippen LogP contribution >= 0.6 is 11.6 Å². The number of rotatable bonds is 5. The van der Waals surface area contributed by atoms with Crippen LogP contribution in [0, 0.1) is 12.7 Å². The molecule has 0 radical (unpaired) electrons. The zero-order chi connectivity index (χ0) is 18.5. The van der Waals surface area contributed by atoms with Crippen molar-refractivity contribution >= 4 is 23.3 Å². The third-order valence-corrected chi connectivity index (χ3v) is 4.42. The van der Waals surface area contributed by atoms with Crippen LogP contribution < -0.4 is 10.6 Å². The normalized spacial score (nSPS) is 10.6. The SMILES string of the molecule is Cc1ccccc1Cn1cccc1CNC(=O)Nc1ccc(F)c(Cl)c1. The molecule has 0 unspecified atom stereocenters. The summed E-state index contributed by atoms with van der Waals surface area (Å²) < 4.78 is 15.3. The molecule has 2 aromatic carbocycles. The van der Waals surface area contributed by atoms with E-state index in [4.69, 9.17) is 11.6 Å². The van der Waals surface area contributed by atoms with Crippen molar-refractivity contribution in [2.24, 2.45) is 0 Å². The van der Waals surface area contributed by atoms with E-state index in [1.165, 1.54) is 29.3 Å². The van der Waals surface area contributed by atoms with Gasteiger partial charge in [0.05, 0.1) is 11.6 Å². The largest absolute Gasteiger partial charge is 0.345 e. The van der Waals surface area contributed by atoms with Crippen molar-refractivity contribution in [3.8, 4) is 0 Å². The van der Waals surface area contributed by atoms with Gasteiger partial charge in [-0.25, -0.2) is 9.18 Å². The summed E-state index contributed by atoms with van der Waals surface area (Å²) in [5.41, 5.74) is 3.88. The van der Waals surface area contributed by atoms with E-state index in [-0.39, 0.29) is 11.1 Å². The molecule has 134 valence electrons. The minimum absolute atomic E-state index is 0.0325. The van der Waals surface area contributed by atoms with Crippen LogP contribution in [-0.4, -0.2) is 10.6 Å². The Morgan fingerprint density at radius 1 is 1.15 bits per heavy atom. The molecule has 3 rings (SSSR count). The summed E-state index contributed by atoms with van der Waals surface area (Å²) in [6.45, 7) is 3.20. The smallest absolute Gasteiger partial charge is 0.319 e. The predicted octanol–water partition coefficient (Wildman–Crippen LogP) is 4.96. The Kier molecular flexibility index (Phi) is 5.58. The van der Waals surface area contributed by atoms with Crippen LogP contribution in [0.1, 0.15) is 16.8 Å². The monoisotopic (exact) mass is 371 g/mol. The van der Waals surface area contributed by atoms with Gasteiger partial charge in [0.2, 0.25) is 0 Å². The van der Waals surface area contributed by atoms with Crippen LogP contribution in [0.5, 0.6) is 0 Å². The van der Waals surface area contributed by atoms with Gasteiger partial charge in [0.25, 0.3) is 0 Å². The minimum Gasteiger partial charge on any atom is -0.345 e. The molecule has 6 heteroatoms. The first kappa shape index (κ1) is 18.0. The highest BCUT2D eigenvalue weighted by molar-refractivity contribution is 6.31. The van der Waals surface area contributed by atoms with E-state index < -0.39 is 5.82 Å². The minimum atomic E-state index is -0.522. The van der Waals surface area contributed by atoms with Crippen LogP contribution in [0.2, 0.25) is 5.02 Å². The molecule has 2 N–H and O–H groups in total. The fourth-order valence-corrected chi connectivity index (χ4v) is 2.84. The maximum Gasteiger partial charge on any atom is 0.319 e. The molecule has 0 bridgehead atoms. The lowest BCUT2D eigenvalue weighted by Gasteiger charge is -2.13. The molecule has 0 fully saturated rings. The maximum atomic E-state index is 13.2. The first-order valence-corrected chi connectivity index (χ1v) is 8.59. The van der Waals surface area contributed by atoms with Crippen LogP contribution in [0.3, 0.4) is 0 Å². The number of carbonyl (C=O) groups is 1. The van der Waals surface area contributed by atoms with Gasteiger partial charge in [-0.1, -0.05) is 35.9 Å². The number of halogens is 2. The van der Waals surface area contributed by atoms with Gasteiger partial charge in [0.1, 0.15) is 5.82 Å². The van der Waals surface area contributed by atoms with Gasteiger partial charge in [-0.15, -0.1) is 0 Å². The van der Waals surface area contributed by atoms with Crippen molar-refractivity contribution in [1.29, 1.82) is 0 Å². The second-order valence-corrected chi connectivity index (χ2v) is 6.40. The fraction of sp³-hybridized carbons (Fsp3) is 0.150. The summed E-state index contributed by atoms with van der Waals surface area (Å²) in [5.74, 6) is -0.522. The van der Waals surface area contributed by atoms with Crippen molar-refractivity contribution in [2.75, 3.05) is 5.32 Å². The second-order valence-electron chi connectivity index (χ2n) is 5.99. The molecule has 26 heavy (non-hydrogen) atoms. The Balaban J connectivity index is 1.60. The first-order valence-electron chi connectivity index (χ1n) is 8.21. The van der Waals surface area contributed by atoms with Crippen molar-refractivity contribution < 1.29 is 9.18 Å². The summed E-state index contributed by atoms with van der Waals surface area (Å²) in [5, 5.41) is 5.41. The third-order valence-electron chi connectivity index (χ3n) is 4.13. The highest BCUT2D eigenvalue weighted by Crippen LogP contribution is 2.19. The number of anilines is 1. The molecule has 0 aliphatic heterocycles. The number of nitrogens with zero attached hydrogens (tertiary/aromatic N) is 1. The summed E-state index contributed by atoms with van der Waals surface area (Å²) in [6, 6.07) is 15.8.